The lowest BCUT2D eigenvalue weighted by atomic mass is 9.85. The zero-order chi connectivity index (χ0) is 15.5. The molecule has 1 heterocycles. The lowest BCUT2D eigenvalue weighted by Crippen LogP contribution is -2.00. The van der Waals surface area contributed by atoms with Gasteiger partial charge in [0.15, 0.2) is 0 Å². The molecule has 3 heteroatoms. The fourth-order valence-corrected chi connectivity index (χ4v) is 2.52. The highest BCUT2D eigenvalue weighted by Gasteiger charge is 2.12. The maximum Gasteiger partial charge on any atom is 0.101 e. The molecule has 22 heavy (non-hydrogen) atoms. The number of rotatable bonds is 5. The summed E-state index contributed by atoms with van der Waals surface area (Å²) >= 11 is 0. The van der Waals surface area contributed by atoms with Crippen LogP contribution in [0.2, 0.25) is 6.32 Å². The number of nitrogens with zero attached hydrogens (tertiary/aromatic N) is 1. The van der Waals surface area contributed by atoms with Gasteiger partial charge >= 0.3 is 0 Å². The van der Waals surface area contributed by atoms with Crippen LogP contribution in [0.4, 0.5) is 0 Å². The highest BCUT2D eigenvalue weighted by molar-refractivity contribution is 6.08. The molecule has 0 spiro atoms. The van der Waals surface area contributed by atoms with Crippen molar-refractivity contribution in [3.8, 4) is 0 Å². The molecule has 0 unspecified atom stereocenters. The Bertz CT molecular complexity index is 537. The van der Waals surface area contributed by atoms with Crippen molar-refractivity contribution in [2.75, 3.05) is 0 Å². The third-order valence-corrected chi connectivity index (χ3v) is 3.66. The second kappa shape index (κ2) is 9.61. The average Bonchev–Trinajstić information content (AvgIpc) is 3.17. The van der Waals surface area contributed by atoms with E-state index in [-0.39, 0.29) is 0 Å². The molecule has 3 rings (SSSR count). The van der Waals surface area contributed by atoms with E-state index in [2.05, 4.69) is 78.5 Å². The molecule has 0 bridgehead atoms. The van der Waals surface area contributed by atoms with Gasteiger partial charge in [-0.3, -0.25) is 0 Å². The molecule has 0 amide bonds. The SMILES string of the molecule is BCCCC(c1ccccc1)c1ccccc1.c1c[nH]cn1. The summed E-state index contributed by atoms with van der Waals surface area (Å²) < 4.78 is 0. The minimum Gasteiger partial charge on any atom is -0.351 e. The van der Waals surface area contributed by atoms with E-state index in [1.54, 1.807) is 18.7 Å². The molecule has 0 fully saturated rings. The van der Waals surface area contributed by atoms with Crippen LogP contribution in [0.15, 0.2) is 79.4 Å². The Morgan fingerprint density at radius 3 is 1.86 bits per heavy atom. The lowest BCUT2D eigenvalue weighted by Gasteiger charge is -2.17. The van der Waals surface area contributed by atoms with E-state index in [0.29, 0.717) is 5.92 Å². The molecule has 0 aliphatic rings. The van der Waals surface area contributed by atoms with Crippen molar-refractivity contribution in [3.63, 3.8) is 0 Å². The second-order valence-electron chi connectivity index (χ2n) is 5.28. The zero-order valence-electron chi connectivity index (χ0n) is 13.2. The van der Waals surface area contributed by atoms with Crippen LogP contribution < -0.4 is 0 Å². The Morgan fingerprint density at radius 2 is 1.50 bits per heavy atom. The quantitative estimate of drug-likeness (QED) is 0.705. The summed E-state index contributed by atoms with van der Waals surface area (Å²) in [5.74, 6) is 0.553. The van der Waals surface area contributed by atoms with Gasteiger partial charge in [0, 0.05) is 18.3 Å². The van der Waals surface area contributed by atoms with Crippen LogP contribution in [0.3, 0.4) is 0 Å². The molecule has 0 saturated heterocycles. The highest BCUT2D eigenvalue weighted by atomic mass is 14.8. The number of benzene rings is 2. The molecule has 0 atom stereocenters. The number of imidazole rings is 1. The summed E-state index contributed by atoms with van der Waals surface area (Å²) in [5, 5.41) is 0. The largest absolute Gasteiger partial charge is 0.351 e. The minimum absolute atomic E-state index is 0.553. The van der Waals surface area contributed by atoms with Gasteiger partial charge in [0.05, 0.1) is 6.33 Å². The number of aromatic nitrogens is 2. The molecule has 3 aromatic rings. The number of nitrogens with one attached hydrogen (secondary N) is 1. The standard InChI is InChI=1S/C16H19B.C3H4N2/c17-13-7-12-16(14-8-3-1-4-9-14)15-10-5-2-6-11-15;1-2-5-3-4-1/h1-6,8-11,16H,7,12-13,17H2;1-3H,(H,4,5). The maximum absolute atomic E-state index is 3.67. The first-order chi connectivity index (χ1) is 10.9. The van der Waals surface area contributed by atoms with E-state index in [1.807, 2.05) is 0 Å². The molecule has 2 nitrogen and oxygen atoms in total. The van der Waals surface area contributed by atoms with E-state index in [9.17, 15) is 0 Å². The smallest absolute Gasteiger partial charge is 0.101 e. The predicted octanol–water partition coefficient (Wildman–Crippen LogP) is 4.06. The zero-order valence-corrected chi connectivity index (χ0v) is 13.2. The molecular weight excluding hydrogens is 267 g/mol. The van der Waals surface area contributed by atoms with Gasteiger partial charge in [0.2, 0.25) is 0 Å². The number of hydrogen-bond acceptors (Lipinski definition) is 1. The Morgan fingerprint density at radius 1 is 0.909 bits per heavy atom. The van der Waals surface area contributed by atoms with Gasteiger partial charge in [-0.2, -0.15) is 0 Å². The summed E-state index contributed by atoms with van der Waals surface area (Å²) in [6.07, 6.45) is 8.87. The van der Waals surface area contributed by atoms with Crippen molar-refractivity contribution in [1.82, 2.24) is 9.97 Å². The van der Waals surface area contributed by atoms with Crippen LogP contribution in [-0.2, 0) is 0 Å². The summed E-state index contributed by atoms with van der Waals surface area (Å²) in [6.45, 7) is 0. The van der Waals surface area contributed by atoms with Crippen molar-refractivity contribution in [1.29, 1.82) is 0 Å². The van der Waals surface area contributed by atoms with Crippen molar-refractivity contribution in [3.05, 3.63) is 90.5 Å². The van der Waals surface area contributed by atoms with Gasteiger partial charge in [0.1, 0.15) is 7.85 Å². The van der Waals surface area contributed by atoms with E-state index >= 15 is 0 Å². The summed E-state index contributed by atoms with van der Waals surface area (Å²) in [4.78, 5) is 6.42. The maximum atomic E-state index is 3.67. The van der Waals surface area contributed by atoms with Crippen molar-refractivity contribution >= 4 is 7.85 Å². The highest BCUT2D eigenvalue weighted by Crippen LogP contribution is 2.29. The average molecular weight is 290 g/mol. The normalized spacial score (nSPS) is 10.0. The van der Waals surface area contributed by atoms with Gasteiger partial charge in [0.25, 0.3) is 0 Å². The van der Waals surface area contributed by atoms with Crippen LogP contribution in [0.25, 0.3) is 0 Å². The topological polar surface area (TPSA) is 28.7 Å². The van der Waals surface area contributed by atoms with E-state index in [4.69, 9.17) is 0 Å². The van der Waals surface area contributed by atoms with Crippen molar-refractivity contribution < 1.29 is 0 Å². The Balaban J connectivity index is 0.000000299. The molecule has 2 aromatic carbocycles. The molecule has 112 valence electrons. The van der Waals surface area contributed by atoms with Crippen molar-refractivity contribution in [2.45, 2.75) is 25.1 Å². The predicted molar refractivity (Wildman–Crippen MR) is 95.9 cm³/mol. The second-order valence-corrected chi connectivity index (χ2v) is 5.28. The van der Waals surface area contributed by atoms with E-state index in [0.717, 1.165) is 0 Å². The van der Waals surface area contributed by atoms with Gasteiger partial charge in [-0.15, -0.1) is 0 Å². The summed E-state index contributed by atoms with van der Waals surface area (Å²) in [5.41, 5.74) is 2.87. The van der Waals surface area contributed by atoms with E-state index < -0.39 is 0 Å². The monoisotopic (exact) mass is 290 g/mol. The summed E-state index contributed by atoms with van der Waals surface area (Å²) in [6, 6.07) is 21.7. The Kier molecular flexibility index (Phi) is 7.03. The molecule has 0 radical (unpaired) electrons. The van der Waals surface area contributed by atoms with Gasteiger partial charge < -0.3 is 4.98 Å². The lowest BCUT2D eigenvalue weighted by molar-refractivity contribution is 0.698. The molecule has 1 aromatic heterocycles. The molecule has 0 aliphatic heterocycles. The van der Waals surface area contributed by atoms with Gasteiger partial charge in [-0.05, 0) is 17.5 Å². The Hall–Kier alpha value is -2.29. The third kappa shape index (κ3) is 5.25. The number of aromatic amines is 1. The molecule has 1 N–H and O–H groups in total. The minimum atomic E-state index is 0.553. The first-order valence-electron chi connectivity index (χ1n) is 7.94. The fourth-order valence-electron chi connectivity index (χ4n) is 2.52. The molecular formula is C19H23BN2. The van der Waals surface area contributed by atoms with E-state index in [1.165, 1.54) is 30.3 Å². The molecule has 0 aliphatic carbocycles. The molecule has 0 saturated carbocycles. The first-order valence-corrected chi connectivity index (χ1v) is 7.94. The van der Waals surface area contributed by atoms with Gasteiger partial charge in [-0.25, -0.2) is 4.98 Å². The van der Waals surface area contributed by atoms with Crippen LogP contribution in [0, 0.1) is 0 Å². The third-order valence-electron chi connectivity index (χ3n) is 3.66. The first kappa shape index (κ1) is 16.1. The number of H-pyrrole nitrogens is 1. The summed E-state index contributed by atoms with van der Waals surface area (Å²) in [7, 11) is 2.26. The van der Waals surface area contributed by atoms with Gasteiger partial charge in [-0.1, -0.05) is 73.4 Å². The van der Waals surface area contributed by atoms with Crippen LogP contribution in [0.1, 0.15) is 29.9 Å². The van der Waals surface area contributed by atoms with Crippen LogP contribution in [0.5, 0.6) is 0 Å². The van der Waals surface area contributed by atoms with Crippen molar-refractivity contribution in [2.24, 2.45) is 0 Å². The van der Waals surface area contributed by atoms with Crippen LogP contribution in [-0.4, -0.2) is 17.8 Å². The fraction of sp³-hybridized carbons (Fsp3) is 0.211. The number of hydrogen-bond donors (Lipinski definition) is 1. The Labute approximate surface area is 134 Å². The van der Waals surface area contributed by atoms with Crippen LogP contribution >= 0.6 is 0 Å².